The van der Waals surface area contributed by atoms with Crippen LogP contribution in [0.2, 0.25) is 0 Å². The van der Waals surface area contributed by atoms with Gasteiger partial charge in [-0.1, -0.05) is 56.5 Å². The van der Waals surface area contributed by atoms with Crippen LogP contribution in [0.3, 0.4) is 0 Å². The predicted octanol–water partition coefficient (Wildman–Crippen LogP) is 3.28. The average Bonchev–Trinajstić information content (AvgIpc) is 2.37. The molecule has 0 aromatic heterocycles. The molecule has 0 amide bonds. The van der Waals surface area contributed by atoms with Crippen molar-refractivity contribution in [3.05, 3.63) is 35.9 Å². The van der Waals surface area contributed by atoms with Crippen molar-refractivity contribution in [3.8, 4) is 0 Å². The smallest absolute Gasteiger partial charge is 0.0914 e. The second kappa shape index (κ2) is 8.26. The lowest BCUT2D eigenvalue weighted by Crippen LogP contribution is -2.30. The highest BCUT2D eigenvalue weighted by Crippen LogP contribution is 2.11. The summed E-state index contributed by atoms with van der Waals surface area (Å²) >= 11 is 0. The Balaban J connectivity index is 2.21. The number of hydrogen-bond donors (Lipinski definition) is 2. The van der Waals surface area contributed by atoms with Crippen LogP contribution in [0.5, 0.6) is 0 Å². The van der Waals surface area contributed by atoms with Gasteiger partial charge in [-0.15, -0.1) is 0 Å². The van der Waals surface area contributed by atoms with E-state index in [2.05, 4.69) is 19.2 Å². The predicted molar refractivity (Wildman–Crippen MR) is 73.0 cm³/mol. The third kappa shape index (κ3) is 5.85. The number of benzene rings is 1. The first-order valence-corrected chi connectivity index (χ1v) is 6.70. The number of aliphatic hydroxyl groups excluding tert-OH is 1. The molecule has 0 spiro atoms. The monoisotopic (exact) mass is 235 g/mol. The zero-order chi connectivity index (χ0) is 12.5. The molecule has 2 N–H and O–H groups in total. The van der Waals surface area contributed by atoms with Crippen LogP contribution >= 0.6 is 0 Å². The lowest BCUT2D eigenvalue weighted by atomic mass is 10.1. The van der Waals surface area contributed by atoms with Crippen molar-refractivity contribution in [1.82, 2.24) is 5.32 Å². The van der Waals surface area contributed by atoms with Gasteiger partial charge in [0.2, 0.25) is 0 Å². The zero-order valence-corrected chi connectivity index (χ0v) is 11.0. The fourth-order valence-corrected chi connectivity index (χ4v) is 1.91. The van der Waals surface area contributed by atoms with Gasteiger partial charge >= 0.3 is 0 Å². The lowest BCUT2D eigenvalue weighted by molar-refractivity contribution is 0.170. The highest BCUT2D eigenvalue weighted by molar-refractivity contribution is 5.17. The summed E-state index contributed by atoms with van der Waals surface area (Å²) in [5.74, 6) is 0. The molecule has 0 bridgehead atoms. The van der Waals surface area contributed by atoms with Gasteiger partial charge in [0.15, 0.2) is 0 Å². The van der Waals surface area contributed by atoms with Crippen LogP contribution in [-0.2, 0) is 0 Å². The SMILES string of the molecule is CCCCC[C@@H](C)NC[C@H](O)c1ccccc1. The molecular weight excluding hydrogens is 210 g/mol. The Bertz CT molecular complexity index is 286. The number of nitrogens with one attached hydrogen (secondary N) is 1. The van der Waals surface area contributed by atoms with Gasteiger partial charge in [0.1, 0.15) is 0 Å². The highest BCUT2D eigenvalue weighted by atomic mass is 16.3. The Labute approximate surface area is 105 Å². The fourth-order valence-electron chi connectivity index (χ4n) is 1.91. The fraction of sp³-hybridized carbons (Fsp3) is 0.600. The van der Waals surface area contributed by atoms with E-state index in [0.717, 1.165) is 5.56 Å². The van der Waals surface area contributed by atoms with Gasteiger partial charge in [-0.25, -0.2) is 0 Å². The summed E-state index contributed by atoms with van der Waals surface area (Å²) in [6, 6.07) is 10.3. The van der Waals surface area contributed by atoms with Crippen LogP contribution in [0.4, 0.5) is 0 Å². The summed E-state index contributed by atoms with van der Waals surface area (Å²) in [6.45, 7) is 5.04. The van der Waals surface area contributed by atoms with Crippen LogP contribution in [0, 0.1) is 0 Å². The molecule has 0 aliphatic heterocycles. The molecule has 0 saturated carbocycles. The quantitative estimate of drug-likeness (QED) is 0.678. The molecule has 0 fully saturated rings. The van der Waals surface area contributed by atoms with E-state index >= 15 is 0 Å². The minimum Gasteiger partial charge on any atom is -0.387 e. The summed E-state index contributed by atoms with van der Waals surface area (Å²) in [6.07, 6.45) is 4.62. The van der Waals surface area contributed by atoms with Gasteiger partial charge in [0.05, 0.1) is 6.10 Å². The number of hydrogen-bond acceptors (Lipinski definition) is 2. The molecule has 17 heavy (non-hydrogen) atoms. The Morgan fingerprint density at radius 2 is 1.88 bits per heavy atom. The van der Waals surface area contributed by atoms with Crippen molar-refractivity contribution in [2.24, 2.45) is 0 Å². The molecule has 2 heteroatoms. The molecule has 0 aliphatic rings. The highest BCUT2D eigenvalue weighted by Gasteiger charge is 2.08. The molecule has 96 valence electrons. The molecule has 1 aromatic carbocycles. The number of unbranched alkanes of at least 4 members (excludes halogenated alkanes) is 2. The Morgan fingerprint density at radius 1 is 1.18 bits per heavy atom. The molecule has 2 atom stereocenters. The van der Waals surface area contributed by atoms with E-state index in [9.17, 15) is 5.11 Å². The van der Waals surface area contributed by atoms with Gasteiger partial charge < -0.3 is 10.4 Å². The molecule has 0 radical (unpaired) electrons. The van der Waals surface area contributed by atoms with Crippen LogP contribution in [0.25, 0.3) is 0 Å². The van der Waals surface area contributed by atoms with E-state index in [4.69, 9.17) is 0 Å². The molecule has 0 unspecified atom stereocenters. The van der Waals surface area contributed by atoms with E-state index in [1.165, 1.54) is 25.7 Å². The summed E-state index contributed by atoms with van der Waals surface area (Å²) in [5.41, 5.74) is 0.987. The van der Waals surface area contributed by atoms with Gasteiger partial charge in [-0.05, 0) is 18.9 Å². The largest absolute Gasteiger partial charge is 0.387 e. The minimum absolute atomic E-state index is 0.398. The Kier molecular flexibility index (Phi) is 6.90. The van der Waals surface area contributed by atoms with Gasteiger partial charge in [0.25, 0.3) is 0 Å². The first kappa shape index (κ1) is 14.2. The zero-order valence-electron chi connectivity index (χ0n) is 11.0. The first-order chi connectivity index (χ1) is 8.24. The van der Waals surface area contributed by atoms with Gasteiger partial charge in [-0.2, -0.15) is 0 Å². The number of rotatable bonds is 8. The van der Waals surface area contributed by atoms with Crippen molar-refractivity contribution in [2.75, 3.05) is 6.54 Å². The van der Waals surface area contributed by atoms with Crippen molar-refractivity contribution in [3.63, 3.8) is 0 Å². The van der Waals surface area contributed by atoms with E-state index in [1.54, 1.807) is 0 Å². The van der Waals surface area contributed by atoms with E-state index < -0.39 is 6.10 Å². The summed E-state index contributed by atoms with van der Waals surface area (Å²) in [4.78, 5) is 0. The second-order valence-electron chi connectivity index (χ2n) is 4.73. The summed E-state index contributed by atoms with van der Waals surface area (Å²) in [5, 5.41) is 13.4. The van der Waals surface area contributed by atoms with Crippen molar-refractivity contribution < 1.29 is 5.11 Å². The van der Waals surface area contributed by atoms with E-state index in [1.807, 2.05) is 30.3 Å². The molecule has 2 nitrogen and oxygen atoms in total. The van der Waals surface area contributed by atoms with Crippen LogP contribution in [-0.4, -0.2) is 17.7 Å². The standard InChI is InChI=1S/C15H25NO/c1-3-4-6-9-13(2)16-12-15(17)14-10-7-5-8-11-14/h5,7-8,10-11,13,15-17H,3-4,6,9,12H2,1-2H3/t13-,15+/m1/s1. The van der Waals surface area contributed by atoms with Crippen molar-refractivity contribution in [1.29, 1.82) is 0 Å². The van der Waals surface area contributed by atoms with Crippen molar-refractivity contribution >= 4 is 0 Å². The maximum atomic E-state index is 9.98. The Hall–Kier alpha value is -0.860. The normalized spacial score (nSPS) is 14.5. The maximum absolute atomic E-state index is 9.98. The molecule has 1 rings (SSSR count). The molecular formula is C15H25NO. The summed E-state index contributed by atoms with van der Waals surface area (Å²) < 4.78 is 0. The molecule has 1 aromatic rings. The van der Waals surface area contributed by atoms with Gasteiger partial charge in [-0.3, -0.25) is 0 Å². The van der Waals surface area contributed by atoms with Crippen LogP contribution < -0.4 is 5.32 Å². The van der Waals surface area contributed by atoms with Crippen LogP contribution in [0.1, 0.15) is 51.2 Å². The second-order valence-corrected chi connectivity index (χ2v) is 4.73. The minimum atomic E-state index is -0.398. The summed E-state index contributed by atoms with van der Waals surface area (Å²) in [7, 11) is 0. The number of aliphatic hydroxyl groups is 1. The van der Waals surface area contributed by atoms with E-state index in [-0.39, 0.29) is 0 Å². The van der Waals surface area contributed by atoms with E-state index in [0.29, 0.717) is 12.6 Å². The van der Waals surface area contributed by atoms with Crippen LogP contribution in [0.15, 0.2) is 30.3 Å². The van der Waals surface area contributed by atoms with Crippen molar-refractivity contribution in [2.45, 2.75) is 51.7 Å². The topological polar surface area (TPSA) is 32.3 Å². The first-order valence-electron chi connectivity index (χ1n) is 6.70. The Morgan fingerprint density at radius 3 is 2.53 bits per heavy atom. The van der Waals surface area contributed by atoms with Gasteiger partial charge in [0, 0.05) is 12.6 Å². The molecule has 0 aliphatic carbocycles. The third-order valence-electron chi connectivity index (χ3n) is 3.08. The molecule has 0 saturated heterocycles. The average molecular weight is 235 g/mol. The maximum Gasteiger partial charge on any atom is 0.0914 e. The third-order valence-corrected chi connectivity index (χ3v) is 3.08. The lowest BCUT2D eigenvalue weighted by Gasteiger charge is -2.17. The molecule has 0 heterocycles.